The van der Waals surface area contributed by atoms with Crippen LogP contribution in [0.3, 0.4) is 0 Å². The molecule has 20 heavy (non-hydrogen) atoms. The van der Waals surface area contributed by atoms with E-state index in [1.165, 1.54) is 6.20 Å². The lowest BCUT2D eigenvalue weighted by Crippen LogP contribution is -2.01. The van der Waals surface area contributed by atoms with Crippen LogP contribution in [0.1, 0.15) is 5.69 Å². The van der Waals surface area contributed by atoms with Gasteiger partial charge in [-0.1, -0.05) is 11.6 Å². The standard InChI is InChI=1S/C14H11ClN4O/c15-11-3-4-12(14-10(11)2-1-5-18-14)20-13-8-17-7-9(6-16)19-13/h1-5,7-8H,6,16H2. The Hall–Kier alpha value is -2.24. The third kappa shape index (κ3) is 2.41. The van der Waals surface area contributed by atoms with Gasteiger partial charge in [0, 0.05) is 24.3 Å². The highest BCUT2D eigenvalue weighted by molar-refractivity contribution is 6.35. The second-order valence-electron chi connectivity index (χ2n) is 4.10. The molecule has 0 radical (unpaired) electrons. The molecule has 0 saturated carbocycles. The molecule has 2 heterocycles. The van der Waals surface area contributed by atoms with Crippen LogP contribution in [0, 0.1) is 0 Å². The molecule has 0 aliphatic carbocycles. The molecule has 5 nitrogen and oxygen atoms in total. The van der Waals surface area contributed by atoms with E-state index >= 15 is 0 Å². The van der Waals surface area contributed by atoms with Crippen molar-refractivity contribution in [1.82, 2.24) is 15.0 Å². The van der Waals surface area contributed by atoms with Crippen LogP contribution in [0.4, 0.5) is 0 Å². The topological polar surface area (TPSA) is 73.9 Å². The molecule has 3 aromatic rings. The van der Waals surface area contributed by atoms with E-state index in [0.717, 1.165) is 5.39 Å². The number of halogens is 1. The van der Waals surface area contributed by atoms with Crippen LogP contribution in [0.2, 0.25) is 5.02 Å². The lowest BCUT2D eigenvalue weighted by Gasteiger charge is -2.08. The highest BCUT2D eigenvalue weighted by Crippen LogP contribution is 2.31. The number of nitrogens with zero attached hydrogens (tertiary/aromatic N) is 3. The third-order valence-electron chi connectivity index (χ3n) is 2.77. The summed E-state index contributed by atoms with van der Waals surface area (Å²) in [6, 6.07) is 7.24. The molecule has 6 heteroatoms. The smallest absolute Gasteiger partial charge is 0.238 e. The third-order valence-corrected chi connectivity index (χ3v) is 3.10. The number of pyridine rings is 1. The average Bonchev–Trinajstić information content (AvgIpc) is 2.51. The summed E-state index contributed by atoms with van der Waals surface area (Å²) in [6.07, 6.45) is 4.82. The van der Waals surface area contributed by atoms with Gasteiger partial charge in [0.25, 0.3) is 0 Å². The van der Waals surface area contributed by atoms with Crippen LogP contribution in [0.5, 0.6) is 11.6 Å². The summed E-state index contributed by atoms with van der Waals surface area (Å²) in [7, 11) is 0. The maximum atomic E-state index is 6.14. The Bertz CT molecular complexity index is 763. The molecular weight excluding hydrogens is 276 g/mol. The Kier molecular flexibility index (Phi) is 3.45. The zero-order valence-electron chi connectivity index (χ0n) is 10.5. The van der Waals surface area contributed by atoms with Crippen LogP contribution in [0.25, 0.3) is 10.9 Å². The fourth-order valence-corrected chi connectivity index (χ4v) is 2.06. The second kappa shape index (κ2) is 5.40. The van der Waals surface area contributed by atoms with Gasteiger partial charge in [-0.3, -0.25) is 9.97 Å². The SMILES string of the molecule is NCc1cncc(Oc2ccc(Cl)c3cccnc23)n1. The van der Waals surface area contributed by atoms with Crippen LogP contribution in [-0.4, -0.2) is 15.0 Å². The minimum absolute atomic E-state index is 0.309. The van der Waals surface area contributed by atoms with Gasteiger partial charge < -0.3 is 10.5 Å². The molecule has 0 bridgehead atoms. The summed E-state index contributed by atoms with van der Waals surface area (Å²) in [5.41, 5.74) is 6.88. The number of hydrogen-bond acceptors (Lipinski definition) is 5. The molecule has 0 atom stereocenters. The molecule has 0 aliphatic heterocycles. The van der Waals surface area contributed by atoms with E-state index in [4.69, 9.17) is 22.1 Å². The Morgan fingerprint density at radius 3 is 2.95 bits per heavy atom. The van der Waals surface area contributed by atoms with E-state index in [2.05, 4.69) is 15.0 Å². The normalized spacial score (nSPS) is 10.7. The largest absolute Gasteiger partial charge is 0.435 e. The fourth-order valence-electron chi connectivity index (χ4n) is 1.84. The minimum atomic E-state index is 0.309. The predicted molar refractivity (Wildman–Crippen MR) is 76.8 cm³/mol. The van der Waals surface area contributed by atoms with Crippen molar-refractivity contribution in [2.45, 2.75) is 6.54 Å². The zero-order chi connectivity index (χ0) is 13.9. The number of fused-ring (bicyclic) bond motifs is 1. The quantitative estimate of drug-likeness (QED) is 0.801. The average molecular weight is 287 g/mol. The van der Waals surface area contributed by atoms with E-state index in [1.807, 2.05) is 12.1 Å². The van der Waals surface area contributed by atoms with Gasteiger partial charge >= 0.3 is 0 Å². The Morgan fingerprint density at radius 1 is 1.20 bits per heavy atom. The van der Waals surface area contributed by atoms with Crippen LogP contribution in [0.15, 0.2) is 42.9 Å². The summed E-state index contributed by atoms with van der Waals surface area (Å²) in [5, 5.41) is 1.46. The summed E-state index contributed by atoms with van der Waals surface area (Å²) in [6.45, 7) is 0.309. The van der Waals surface area contributed by atoms with E-state index < -0.39 is 0 Å². The van der Waals surface area contributed by atoms with Crippen molar-refractivity contribution < 1.29 is 4.74 Å². The lowest BCUT2D eigenvalue weighted by molar-refractivity contribution is 0.462. The monoisotopic (exact) mass is 286 g/mol. The first-order valence-electron chi connectivity index (χ1n) is 6.00. The highest BCUT2D eigenvalue weighted by atomic mass is 35.5. The van der Waals surface area contributed by atoms with Gasteiger partial charge in [-0.15, -0.1) is 0 Å². The van der Waals surface area contributed by atoms with E-state index in [-0.39, 0.29) is 0 Å². The highest BCUT2D eigenvalue weighted by Gasteiger charge is 2.08. The first kappa shape index (κ1) is 12.8. The summed E-state index contributed by atoms with van der Waals surface area (Å²) in [5.74, 6) is 0.954. The number of hydrogen-bond donors (Lipinski definition) is 1. The summed E-state index contributed by atoms with van der Waals surface area (Å²) in [4.78, 5) is 12.6. The van der Waals surface area contributed by atoms with Gasteiger partial charge in [-0.2, -0.15) is 0 Å². The maximum Gasteiger partial charge on any atom is 0.238 e. The van der Waals surface area contributed by atoms with E-state index in [9.17, 15) is 0 Å². The Balaban J connectivity index is 2.04. The van der Waals surface area contributed by atoms with E-state index in [0.29, 0.717) is 34.4 Å². The summed E-state index contributed by atoms with van der Waals surface area (Å²) < 4.78 is 5.74. The van der Waals surface area contributed by atoms with Crippen molar-refractivity contribution in [3.8, 4) is 11.6 Å². The number of benzene rings is 1. The van der Waals surface area contributed by atoms with Gasteiger partial charge in [-0.05, 0) is 24.3 Å². The van der Waals surface area contributed by atoms with Crippen molar-refractivity contribution in [3.63, 3.8) is 0 Å². The van der Waals surface area contributed by atoms with Crippen molar-refractivity contribution in [2.75, 3.05) is 0 Å². The molecule has 0 fully saturated rings. The first-order valence-corrected chi connectivity index (χ1v) is 6.38. The summed E-state index contributed by atoms with van der Waals surface area (Å²) >= 11 is 6.14. The van der Waals surface area contributed by atoms with Crippen LogP contribution >= 0.6 is 11.6 Å². The molecule has 2 aromatic heterocycles. The first-order chi connectivity index (χ1) is 9.78. The van der Waals surface area contributed by atoms with Gasteiger partial charge in [0.05, 0.1) is 16.9 Å². The maximum absolute atomic E-state index is 6.14. The molecular formula is C14H11ClN4O. The van der Waals surface area contributed by atoms with Crippen LogP contribution in [-0.2, 0) is 6.54 Å². The molecule has 2 N–H and O–H groups in total. The van der Waals surface area contributed by atoms with Crippen molar-refractivity contribution in [2.24, 2.45) is 5.73 Å². The molecule has 1 aromatic carbocycles. The number of ether oxygens (including phenoxy) is 1. The lowest BCUT2D eigenvalue weighted by atomic mass is 10.2. The number of aromatic nitrogens is 3. The molecule has 0 spiro atoms. The molecule has 0 aliphatic rings. The van der Waals surface area contributed by atoms with Crippen molar-refractivity contribution >= 4 is 22.5 Å². The Labute approximate surface area is 120 Å². The molecule has 100 valence electrons. The van der Waals surface area contributed by atoms with Gasteiger partial charge in [0.15, 0.2) is 5.75 Å². The van der Waals surface area contributed by atoms with E-state index in [1.54, 1.807) is 24.5 Å². The molecule has 0 unspecified atom stereocenters. The van der Waals surface area contributed by atoms with Gasteiger partial charge in [-0.25, -0.2) is 4.98 Å². The van der Waals surface area contributed by atoms with Gasteiger partial charge in [0.1, 0.15) is 5.52 Å². The predicted octanol–water partition coefficient (Wildman–Crippen LogP) is 2.93. The minimum Gasteiger partial charge on any atom is -0.435 e. The number of rotatable bonds is 3. The molecule has 3 rings (SSSR count). The molecule has 0 saturated heterocycles. The number of nitrogens with two attached hydrogens (primary N) is 1. The second-order valence-corrected chi connectivity index (χ2v) is 4.51. The van der Waals surface area contributed by atoms with Crippen LogP contribution < -0.4 is 10.5 Å². The van der Waals surface area contributed by atoms with Gasteiger partial charge in [0.2, 0.25) is 5.88 Å². The van der Waals surface area contributed by atoms with Crippen molar-refractivity contribution in [1.29, 1.82) is 0 Å². The van der Waals surface area contributed by atoms with Crippen molar-refractivity contribution in [3.05, 3.63) is 53.6 Å². The zero-order valence-corrected chi connectivity index (χ0v) is 11.2. The fraction of sp³-hybridized carbons (Fsp3) is 0.0714. The Morgan fingerprint density at radius 2 is 2.10 bits per heavy atom. The molecule has 0 amide bonds.